The van der Waals surface area contributed by atoms with E-state index in [9.17, 15) is 4.39 Å². The van der Waals surface area contributed by atoms with Gasteiger partial charge in [-0.3, -0.25) is 0 Å². The zero-order chi connectivity index (χ0) is 10.1. The molecule has 1 aromatic heterocycles. The molecule has 2 aromatic rings. The molecule has 0 fully saturated rings. The lowest BCUT2D eigenvalue weighted by molar-refractivity contribution is 0.404. The number of halogens is 1. The van der Waals surface area contributed by atoms with Crippen LogP contribution in [-0.4, -0.2) is 24.0 Å². The lowest BCUT2D eigenvalue weighted by atomic mass is 10.1. The SMILES string of the molecule is CN(C)Cc1c[nH]c2cc(F)ccc12. The molecule has 0 saturated heterocycles. The standard InChI is InChI=1S/C11H13FN2/c1-14(2)7-8-6-13-11-5-9(12)3-4-10(8)11/h3-6,13H,7H2,1-2H3. The fourth-order valence-corrected chi connectivity index (χ4v) is 1.63. The summed E-state index contributed by atoms with van der Waals surface area (Å²) in [6, 6.07) is 4.84. The summed E-state index contributed by atoms with van der Waals surface area (Å²) >= 11 is 0. The second-order valence-corrected chi connectivity index (χ2v) is 3.74. The van der Waals surface area contributed by atoms with Crippen LogP contribution in [-0.2, 0) is 6.54 Å². The van der Waals surface area contributed by atoms with Gasteiger partial charge >= 0.3 is 0 Å². The van der Waals surface area contributed by atoms with Crippen LogP contribution in [0, 0.1) is 5.82 Å². The molecular formula is C11H13FN2. The number of nitrogens with zero attached hydrogens (tertiary/aromatic N) is 1. The predicted molar refractivity (Wildman–Crippen MR) is 55.6 cm³/mol. The fraction of sp³-hybridized carbons (Fsp3) is 0.273. The Labute approximate surface area is 82.3 Å². The van der Waals surface area contributed by atoms with Crippen LogP contribution >= 0.6 is 0 Å². The highest BCUT2D eigenvalue weighted by molar-refractivity contribution is 5.83. The van der Waals surface area contributed by atoms with E-state index in [1.807, 2.05) is 26.4 Å². The quantitative estimate of drug-likeness (QED) is 0.774. The molecule has 1 aromatic carbocycles. The third-order valence-corrected chi connectivity index (χ3v) is 2.22. The van der Waals surface area contributed by atoms with Crippen molar-refractivity contribution in [3.63, 3.8) is 0 Å². The minimum Gasteiger partial charge on any atom is -0.361 e. The molecule has 0 unspecified atom stereocenters. The Bertz CT molecular complexity index is 445. The van der Waals surface area contributed by atoms with Crippen molar-refractivity contribution >= 4 is 10.9 Å². The minimum absolute atomic E-state index is 0.198. The normalized spacial score (nSPS) is 11.4. The largest absolute Gasteiger partial charge is 0.361 e. The number of aromatic amines is 1. The molecule has 2 rings (SSSR count). The van der Waals surface area contributed by atoms with Crippen LogP contribution in [0.4, 0.5) is 4.39 Å². The molecule has 0 saturated carbocycles. The summed E-state index contributed by atoms with van der Waals surface area (Å²) in [4.78, 5) is 5.16. The molecule has 1 N–H and O–H groups in total. The highest BCUT2D eigenvalue weighted by Gasteiger charge is 2.04. The molecule has 2 nitrogen and oxygen atoms in total. The summed E-state index contributed by atoms with van der Waals surface area (Å²) in [5.41, 5.74) is 2.06. The van der Waals surface area contributed by atoms with E-state index in [0.29, 0.717) is 0 Å². The van der Waals surface area contributed by atoms with Crippen molar-refractivity contribution in [2.75, 3.05) is 14.1 Å². The van der Waals surface area contributed by atoms with Gasteiger partial charge in [0.1, 0.15) is 5.82 Å². The molecule has 0 bridgehead atoms. The lowest BCUT2D eigenvalue weighted by Crippen LogP contribution is -2.09. The van der Waals surface area contributed by atoms with Gasteiger partial charge in [0.15, 0.2) is 0 Å². The third-order valence-electron chi connectivity index (χ3n) is 2.22. The average molecular weight is 192 g/mol. The monoisotopic (exact) mass is 192 g/mol. The average Bonchev–Trinajstić information content (AvgIpc) is 2.47. The number of H-pyrrole nitrogens is 1. The topological polar surface area (TPSA) is 19.0 Å². The van der Waals surface area contributed by atoms with E-state index in [2.05, 4.69) is 9.88 Å². The van der Waals surface area contributed by atoms with Crippen LogP contribution in [0.5, 0.6) is 0 Å². The number of hydrogen-bond donors (Lipinski definition) is 1. The number of rotatable bonds is 2. The Morgan fingerprint density at radius 3 is 2.86 bits per heavy atom. The summed E-state index contributed by atoms with van der Waals surface area (Å²) in [7, 11) is 4.03. The number of hydrogen-bond acceptors (Lipinski definition) is 1. The first-order valence-corrected chi connectivity index (χ1v) is 4.57. The molecule has 1 heterocycles. The summed E-state index contributed by atoms with van der Waals surface area (Å²) in [5.74, 6) is -0.198. The van der Waals surface area contributed by atoms with Gasteiger partial charge in [0.2, 0.25) is 0 Å². The van der Waals surface area contributed by atoms with E-state index in [4.69, 9.17) is 0 Å². The lowest BCUT2D eigenvalue weighted by Gasteiger charge is -2.07. The van der Waals surface area contributed by atoms with Gasteiger partial charge in [-0.05, 0) is 37.9 Å². The molecule has 14 heavy (non-hydrogen) atoms. The number of fused-ring (bicyclic) bond motifs is 1. The Morgan fingerprint density at radius 1 is 1.36 bits per heavy atom. The first kappa shape index (κ1) is 9.21. The number of aromatic nitrogens is 1. The smallest absolute Gasteiger partial charge is 0.125 e. The van der Waals surface area contributed by atoms with Gasteiger partial charge in [-0.15, -0.1) is 0 Å². The third kappa shape index (κ3) is 1.63. The van der Waals surface area contributed by atoms with Gasteiger partial charge in [-0.25, -0.2) is 4.39 Å². The molecule has 0 aliphatic rings. The van der Waals surface area contributed by atoms with Crippen LogP contribution in [0.3, 0.4) is 0 Å². The molecule has 0 aliphatic heterocycles. The summed E-state index contributed by atoms with van der Waals surface area (Å²) in [6.45, 7) is 0.867. The fourth-order valence-electron chi connectivity index (χ4n) is 1.63. The molecule has 3 heteroatoms. The Balaban J connectivity index is 2.47. The van der Waals surface area contributed by atoms with Gasteiger partial charge in [-0.1, -0.05) is 0 Å². The molecule has 0 radical (unpaired) electrons. The number of benzene rings is 1. The summed E-state index contributed by atoms with van der Waals surface area (Å²) in [6.07, 6.45) is 1.93. The zero-order valence-corrected chi connectivity index (χ0v) is 8.34. The maximum atomic E-state index is 12.9. The van der Waals surface area contributed by atoms with Crippen LogP contribution in [0.2, 0.25) is 0 Å². The predicted octanol–water partition coefficient (Wildman–Crippen LogP) is 2.37. The van der Waals surface area contributed by atoms with E-state index in [-0.39, 0.29) is 5.82 Å². The van der Waals surface area contributed by atoms with Crippen LogP contribution in [0.15, 0.2) is 24.4 Å². The second kappa shape index (κ2) is 3.42. The second-order valence-electron chi connectivity index (χ2n) is 3.74. The zero-order valence-electron chi connectivity index (χ0n) is 8.34. The van der Waals surface area contributed by atoms with Crippen LogP contribution < -0.4 is 0 Å². The Kier molecular flexibility index (Phi) is 2.25. The van der Waals surface area contributed by atoms with Gasteiger partial charge in [0, 0.05) is 23.6 Å². The maximum absolute atomic E-state index is 12.9. The molecule has 0 atom stereocenters. The first-order valence-electron chi connectivity index (χ1n) is 4.57. The van der Waals surface area contributed by atoms with Gasteiger partial charge in [0.25, 0.3) is 0 Å². The van der Waals surface area contributed by atoms with Crippen molar-refractivity contribution in [3.05, 3.63) is 35.8 Å². The van der Waals surface area contributed by atoms with Crippen molar-refractivity contribution < 1.29 is 4.39 Å². The van der Waals surface area contributed by atoms with E-state index in [1.165, 1.54) is 17.7 Å². The van der Waals surface area contributed by atoms with Crippen molar-refractivity contribution in [1.82, 2.24) is 9.88 Å². The molecular weight excluding hydrogens is 179 g/mol. The summed E-state index contributed by atoms with van der Waals surface area (Å²) < 4.78 is 12.9. The van der Waals surface area contributed by atoms with E-state index in [1.54, 1.807) is 0 Å². The maximum Gasteiger partial charge on any atom is 0.125 e. The Hall–Kier alpha value is -1.35. The van der Waals surface area contributed by atoms with Crippen LogP contribution in [0.25, 0.3) is 10.9 Å². The first-order chi connectivity index (χ1) is 6.66. The Morgan fingerprint density at radius 2 is 2.14 bits per heavy atom. The number of nitrogens with one attached hydrogen (secondary N) is 1. The van der Waals surface area contributed by atoms with Gasteiger partial charge in [-0.2, -0.15) is 0 Å². The molecule has 0 aliphatic carbocycles. The van der Waals surface area contributed by atoms with Crippen molar-refractivity contribution in [2.45, 2.75) is 6.54 Å². The molecule has 74 valence electrons. The van der Waals surface area contributed by atoms with Gasteiger partial charge < -0.3 is 9.88 Å². The van der Waals surface area contributed by atoms with Crippen molar-refractivity contribution in [2.24, 2.45) is 0 Å². The van der Waals surface area contributed by atoms with Crippen LogP contribution in [0.1, 0.15) is 5.56 Å². The van der Waals surface area contributed by atoms with E-state index in [0.717, 1.165) is 17.4 Å². The van der Waals surface area contributed by atoms with Gasteiger partial charge in [0.05, 0.1) is 0 Å². The molecule has 0 amide bonds. The highest BCUT2D eigenvalue weighted by Crippen LogP contribution is 2.19. The summed E-state index contributed by atoms with van der Waals surface area (Å²) in [5, 5.41) is 1.10. The minimum atomic E-state index is -0.198. The van der Waals surface area contributed by atoms with Crippen molar-refractivity contribution in [1.29, 1.82) is 0 Å². The van der Waals surface area contributed by atoms with Crippen molar-refractivity contribution in [3.8, 4) is 0 Å². The highest BCUT2D eigenvalue weighted by atomic mass is 19.1. The molecule has 0 spiro atoms. The van der Waals surface area contributed by atoms with E-state index < -0.39 is 0 Å². The van der Waals surface area contributed by atoms with E-state index >= 15 is 0 Å².